The monoisotopic (exact) mass is 492 g/mol. The molecule has 1 heterocycles. The third-order valence-electron chi connectivity index (χ3n) is 5.41. The average molecular weight is 493 g/mol. The topological polar surface area (TPSA) is 104 Å². The fourth-order valence-corrected chi connectivity index (χ4v) is 3.60. The zero-order chi connectivity index (χ0) is 25.6. The van der Waals surface area contributed by atoms with Gasteiger partial charge in [0.2, 0.25) is 13.6 Å². The van der Waals surface area contributed by atoms with Crippen molar-refractivity contribution in [1.29, 1.82) is 0 Å². The summed E-state index contributed by atoms with van der Waals surface area (Å²) in [6.45, 7) is 14.3. The van der Waals surface area contributed by atoms with Crippen LogP contribution in [0.3, 0.4) is 0 Å². The van der Waals surface area contributed by atoms with Gasteiger partial charge in [0.25, 0.3) is 0 Å². The maximum absolute atomic E-state index is 11.8. The van der Waals surface area contributed by atoms with Gasteiger partial charge in [-0.15, -0.1) is 0 Å². The molecule has 2 aromatic rings. The zero-order valence-electron chi connectivity index (χ0n) is 21.2. The first-order valence-electron chi connectivity index (χ1n) is 11.1. The smallest absolute Gasteiger partial charge is 0.506 e. The Kier molecular flexibility index (Phi) is 9.56. The van der Waals surface area contributed by atoms with Crippen LogP contribution in [0.1, 0.15) is 74.2 Å². The van der Waals surface area contributed by atoms with Crippen LogP contribution in [0.4, 0.5) is 0 Å². The molecule has 1 N–H and O–H groups in total. The summed E-state index contributed by atoms with van der Waals surface area (Å²) in [7, 11) is -2.50. The van der Waals surface area contributed by atoms with E-state index in [0.717, 1.165) is 27.9 Å². The van der Waals surface area contributed by atoms with Crippen LogP contribution in [0.2, 0.25) is 0 Å². The molecule has 0 amide bonds. The number of nitrogens with zero attached hydrogens (tertiary/aromatic N) is 1. The van der Waals surface area contributed by atoms with Crippen LogP contribution < -0.4 is 4.74 Å². The number of rotatable bonds is 10. The SMILES string of the molecule is Cc1cc(OCO[P+](=O)OCOC(=O)C(C)(C)C)c(C)c(C)c1Cc1ccc(O)c(C(C)C)n1. The highest BCUT2D eigenvalue weighted by atomic mass is 31.1. The zero-order valence-corrected chi connectivity index (χ0v) is 22.1. The second kappa shape index (κ2) is 11.7. The van der Waals surface area contributed by atoms with E-state index < -0.39 is 26.4 Å². The van der Waals surface area contributed by atoms with Gasteiger partial charge in [0.05, 0.1) is 11.1 Å². The van der Waals surface area contributed by atoms with Gasteiger partial charge in [-0.3, -0.25) is 9.78 Å². The quantitative estimate of drug-likeness (QED) is 0.245. The number of hydrogen-bond acceptors (Lipinski definition) is 8. The van der Waals surface area contributed by atoms with Gasteiger partial charge in [-0.1, -0.05) is 22.9 Å². The third kappa shape index (κ3) is 7.49. The Morgan fingerprint density at radius 2 is 1.74 bits per heavy atom. The second-order valence-electron chi connectivity index (χ2n) is 9.50. The summed E-state index contributed by atoms with van der Waals surface area (Å²) in [5.41, 5.74) is 5.04. The molecule has 34 heavy (non-hydrogen) atoms. The lowest BCUT2D eigenvalue weighted by Crippen LogP contribution is -2.23. The van der Waals surface area contributed by atoms with Crippen molar-refractivity contribution >= 4 is 14.2 Å². The van der Waals surface area contributed by atoms with Gasteiger partial charge in [0, 0.05) is 16.7 Å². The molecule has 1 aromatic carbocycles. The molecule has 0 aliphatic heterocycles. The molecule has 9 heteroatoms. The molecule has 0 aliphatic carbocycles. The minimum Gasteiger partial charge on any atom is -0.506 e. The molecular formula is C25H35NO7P+. The summed E-state index contributed by atoms with van der Waals surface area (Å²) < 4.78 is 32.4. The summed E-state index contributed by atoms with van der Waals surface area (Å²) in [6.07, 6.45) is 0.627. The van der Waals surface area contributed by atoms with Gasteiger partial charge < -0.3 is 14.6 Å². The lowest BCUT2D eigenvalue weighted by molar-refractivity contribution is -0.159. The van der Waals surface area contributed by atoms with E-state index in [1.807, 2.05) is 46.8 Å². The van der Waals surface area contributed by atoms with E-state index in [0.29, 0.717) is 17.9 Å². The number of aryl methyl sites for hydroxylation is 1. The van der Waals surface area contributed by atoms with Crippen LogP contribution >= 0.6 is 8.25 Å². The van der Waals surface area contributed by atoms with Crippen molar-refractivity contribution in [3.63, 3.8) is 0 Å². The third-order valence-corrected chi connectivity index (χ3v) is 6.04. The van der Waals surface area contributed by atoms with Crippen LogP contribution in [0, 0.1) is 26.2 Å². The van der Waals surface area contributed by atoms with Crippen LogP contribution in [0.5, 0.6) is 11.5 Å². The molecule has 0 fully saturated rings. The number of aromatic nitrogens is 1. The highest BCUT2D eigenvalue weighted by Gasteiger charge is 2.27. The van der Waals surface area contributed by atoms with Crippen molar-refractivity contribution in [3.05, 3.63) is 51.8 Å². The molecular weight excluding hydrogens is 457 g/mol. The average Bonchev–Trinajstić information content (AvgIpc) is 2.74. The minimum absolute atomic E-state index is 0.126. The molecule has 2 rings (SSSR count). The minimum atomic E-state index is -2.50. The molecule has 0 saturated heterocycles. The van der Waals surface area contributed by atoms with Gasteiger partial charge in [0.15, 0.2) is 0 Å². The van der Waals surface area contributed by atoms with Crippen LogP contribution in [0.25, 0.3) is 0 Å². The molecule has 1 unspecified atom stereocenters. The number of aromatic hydroxyl groups is 1. The Hall–Kier alpha value is -2.54. The number of carbonyl (C=O) groups excluding carboxylic acids is 1. The molecule has 0 bridgehead atoms. The Labute approximate surface area is 202 Å². The summed E-state index contributed by atoms with van der Waals surface area (Å²) in [5.74, 6) is 0.488. The van der Waals surface area contributed by atoms with E-state index in [1.165, 1.54) is 0 Å². The second-order valence-corrected chi connectivity index (χ2v) is 10.5. The van der Waals surface area contributed by atoms with Crippen molar-refractivity contribution in [3.8, 4) is 11.5 Å². The first-order chi connectivity index (χ1) is 15.8. The van der Waals surface area contributed by atoms with Crippen molar-refractivity contribution in [2.45, 2.75) is 67.7 Å². The molecule has 186 valence electrons. The van der Waals surface area contributed by atoms with Crippen molar-refractivity contribution < 1.29 is 33.0 Å². The molecule has 0 spiro atoms. The van der Waals surface area contributed by atoms with Crippen LogP contribution in [0.15, 0.2) is 18.2 Å². The lowest BCUT2D eigenvalue weighted by Gasteiger charge is -2.17. The first kappa shape index (κ1) is 27.7. The Morgan fingerprint density at radius 3 is 2.35 bits per heavy atom. The number of ether oxygens (including phenoxy) is 2. The van der Waals surface area contributed by atoms with Crippen molar-refractivity contribution in [2.24, 2.45) is 5.41 Å². The predicted octanol–water partition coefficient (Wildman–Crippen LogP) is 6.00. The maximum Gasteiger partial charge on any atom is 0.704 e. The highest BCUT2D eigenvalue weighted by Crippen LogP contribution is 2.31. The Balaban J connectivity index is 1.98. The largest absolute Gasteiger partial charge is 0.704 e. The summed E-state index contributed by atoms with van der Waals surface area (Å²) in [5, 5.41) is 10.0. The first-order valence-corrected chi connectivity index (χ1v) is 12.2. The van der Waals surface area contributed by atoms with Crippen LogP contribution in [-0.2, 0) is 29.6 Å². The number of pyridine rings is 1. The van der Waals surface area contributed by atoms with E-state index >= 15 is 0 Å². The van der Waals surface area contributed by atoms with Crippen molar-refractivity contribution in [1.82, 2.24) is 4.98 Å². The number of esters is 1. The highest BCUT2D eigenvalue weighted by molar-refractivity contribution is 7.33. The fraction of sp³-hybridized carbons (Fsp3) is 0.520. The van der Waals surface area contributed by atoms with E-state index in [1.54, 1.807) is 26.8 Å². The van der Waals surface area contributed by atoms with Crippen molar-refractivity contribution in [2.75, 3.05) is 13.6 Å². The van der Waals surface area contributed by atoms with Gasteiger partial charge in [0.1, 0.15) is 11.5 Å². The van der Waals surface area contributed by atoms with Gasteiger partial charge >= 0.3 is 14.2 Å². The lowest BCUT2D eigenvalue weighted by atomic mass is 9.93. The Bertz CT molecular complexity index is 1040. The summed E-state index contributed by atoms with van der Waals surface area (Å²) in [4.78, 5) is 16.3. The molecule has 1 aromatic heterocycles. The molecule has 0 radical (unpaired) electrons. The standard InChI is InChI=1S/C25H34NO7P/c1-15(2)23-21(27)10-9-19(26-23)12-20-16(3)11-22(18(5)17(20)4)30-13-32-34(29)33-14-31-24(28)25(6,7)8/h9-11,15H,12-14H2,1-8H3/p+1. The van der Waals surface area contributed by atoms with E-state index in [4.69, 9.17) is 18.5 Å². The maximum atomic E-state index is 11.8. The van der Waals surface area contributed by atoms with E-state index in [2.05, 4.69) is 4.98 Å². The van der Waals surface area contributed by atoms with Gasteiger partial charge in [-0.05, 0) is 87.9 Å². The summed E-state index contributed by atoms with van der Waals surface area (Å²) in [6, 6.07) is 5.43. The van der Waals surface area contributed by atoms with E-state index in [-0.39, 0.29) is 18.5 Å². The van der Waals surface area contributed by atoms with E-state index in [9.17, 15) is 14.5 Å². The number of benzene rings is 1. The molecule has 0 aliphatic rings. The summed E-state index contributed by atoms with van der Waals surface area (Å²) >= 11 is 0. The number of carbonyl (C=O) groups is 1. The van der Waals surface area contributed by atoms with Crippen LogP contribution in [-0.4, -0.2) is 29.6 Å². The molecule has 0 saturated carbocycles. The fourth-order valence-electron chi connectivity index (χ4n) is 3.24. The number of hydrogen-bond donors (Lipinski definition) is 1. The molecule has 1 atom stereocenters. The van der Waals surface area contributed by atoms with Gasteiger partial charge in [-0.2, -0.15) is 0 Å². The Morgan fingerprint density at radius 1 is 1.09 bits per heavy atom. The van der Waals surface area contributed by atoms with Gasteiger partial charge in [-0.25, -0.2) is 0 Å². The predicted molar refractivity (Wildman–Crippen MR) is 129 cm³/mol. The molecule has 8 nitrogen and oxygen atoms in total. The normalized spacial score (nSPS) is 12.1.